The lowest BCUT2D eigenvalue weighted by molar-refractivity contribution is 0.0734. The number of piperazine rings is 1. The second kappa shape index (κ2) is 4.44. The fraction of sp³-hybridized carbons (Fsp3) is 0.500. The zero-order chi connectivity index (χ0) is 11.5. The van der Waals surface area contributed by atoms with Crippen LogP contribution in [0.15, 0.2) is 6.20 Å². The van der Waals surface area contributed by atoms with Gasteiger partial charge in [-0.1, -0.05) is 0 Å². The quantitative estimate of drug-likeness (QED) is 0.662. The lowest BCUT2D eigenvalue weighted by Gasteiger charge is -2.27. The first-order chi connectivity index (χ1) is 7.68. The highest BCUT2D eigenvalue weighted by Crippen LogP contribution is 2.09. The average molecular weight is 221 g/mol. The zero-order valence-electron chi connectivity index (χ0n) is 9.23. The van der Waals surface area contributed by atoms with Crippen molar-refractivity contribution in [2.45, 2.75) is 6.92 Å². The summed E-state index contributed by atoms with van der Waals surface area (Å²) < 4.78 is 0. The molecule has 16 heavy (non-hydrogen) atoms. The molecule has 1 aliphatic rings. The number of hydrogen-bond acceptors (Lipinski definition) is 5. The molecule has 0 saturated carbocycles. The van der Waals surface area contributed by atoms with Gasteiger partial charge in [0, 0.05) is 32.4 Å². The standard InChI is InChI=1S/C10H15N5O/c1-7-8(6-13-10(11)14-7)9(16)15-4-2-12-3-5-15/h6,12H,2-5H2,1H3,(H2,11,13,14). The van der Waals surface area contributed by atoms with Crippen LogP contribution in [0.5, 0.6) is 0 Å². The summed E-state index contributed by atoms with van der Waals surface area (Å²) in [5.41, 5.74) is 6.62. The van der Waals surface area contributed by atoms with Crippen LogP contribution in [0.3, 0.4) is 0 Å². The number of hydrogen-bond donors (Lipinski definition) is 2. The number of carbonyl (C=O) groups is 1. The fourth-order valence-corrected chi connectivity index (χ4v) is 1.73. The van der Waals surface area contributed by atoms with E-state index in [4.69, 9.17) is 5.73 Å². The molecule has 2 heterocycles. The lowest BCUT2D eigenvalue weighted by Crippen LogP contribution is -2.46. The molecular formula is C10H15N5O. The van der Waals surface area contributed by atoms with Gasteiger partial charge in [0.15, 0.2) is 0 Å². The summed E-state index contributed by atoms with van der Waals surface area (Å²) in [6, 6.07) is 0. The van der Waals surface area contributed by atoms with Crippen LogP contribution in [-0.4, -0.2) is 47.0 Å². The number of nitrogens with two attached hydrogens (primary N) is 1. The maximum absolute atomic E-state index is 12.1. The Labute approximate surface area is 93.9 Å². The molecule has 1 aliphatic heterocycles. The van der Waals surface area contributed by atoms with Gasteiger partial charge in [0.05, 0.1) is 11.3 Å². The predicted octanol–water partition coefficient (Wildman–Crippen LogP) is -0.587. The minimum absolute atomic E-state index is 0.0148. The Balaban J connectivity index is 2.19. The minimum Gasteiger partial charge on any atom is -0.368 e. The monoisotopic (exact) mass is 221 g/mol. The molecule has 6 heteroatoms. The molecule has 1 amide bonds. The number of carbonyl (C=O) groups excluding carboxylic acids is 1. The Morgan fingerprint density at radius 3 is 2.81 bits per heavy atom. The third-order valence-electron chi connectivity index (χ3n) is 2.63. The van der Waals surface area contributed by atoms with Gasteiger partial charge in [-0.05, 0) is 6.92 Å². The summed E-state index contributed by atoms with van der Waals surface area (Å²) in [5, 5.41) is 3.20. The van der Waals surface area contributed by atoms with Gasteiger partial charge in [-0.15, -0.1) is 0 Å². The number of nitrogens with one attached hydrogen (secondary N) is 1. The van der Waals surface area contributed by atoms with Crippen molar-refractivity contribution in [3.63, 3.8) is 0 Å². The van der Waals surface area contributed by atoms with Crippen molar-refractivity contribution in [2.24, 2.45) is 0 Å². The van der Waals surface area contributed by atoms with Gasteiger partial charge in [0.1, 0.15) is 0 Å². The van der Waals surface area contributed by atoms with E-state index in [-0.39, 0.29) is 11.9 Å². The van der Waals surface area contributed by atoms with Crippen LogP contribution in [0.2, 0.25) is 0 Å². The summed E-state index contributed by atoms with van der Waals surface area (Å²) in [6.07, 6.45) is 1.50. The van der Waals surface area contributed by atoms with Gasteiger partial charge >= 0.3 is 0 Å². The Hall–Kier alpha value is -1.69. The molecule has 3 N–H and O–H groups in total. The fourth-order valence-electron chi connectivity index (χ4n) is 1.73. The first-order valence-electron chi connectivity index (χ1n) is 5.27. The number of aromatic nitrogens is 2. The van der Waals surface area contributed by atoms with E-state index in [1.54, 1.807) is 11.8 Å². The minimum atomic E-state index is -0.0148. The molecule has 0 spiro atoms. The molecule has 0 aromatic carbocycles. The van der Waals surface area contributed by atoms with Gasteiger partial charge in [0.2, 0.25) is 5.95 Å². The number of amides is 1. The van der Waals surface area contributed by atoms with Crippen molar-refractivity contribution >= 4 is 11.9 Å². The van der Waals surface area contributed by atoms with Crippen LogP contribution >= 0.6 is 0 Å². The summed E-state index contributed by atoms with van der Waals surface area (Å²) in [5.74, 6) is 0.188. The zero-order valence-corrected chi connectivity index (χ0v) is 9.23. The Morgan fingerprint density at radius 2 is 2.19 bits per heavy atom. The molecule has 1 aromatic heterocycles. The summed E-state index contributed by atoms with van der Waals surface area (Å²) >= 11 is 0. The van der Waals surface area contributed by atoms with Crippen LogP contribution in [0.1, 0.15) is 16.1 Å². The summed E-state index contributed by atoms with van der Waals surface area (Å²) in [6.45, 7) is 4.89. The molecule has 1 aromatic rings. The maximum Gasteiger partial charge on any atom is 0.257 e. The van der Waals surface area contributed by atoms with Crippen molar-refractivity contribution in [1.29, 1.82) is 0 Å². The van der Waals surface area contributed by atoms with Crippen molar-refractivity contribution < 1.29 is 4.79 Å². The highest BCUT2D eigenvalue weighted by molar-refractivity contribution is 5.95. The molecular weight excluding hydrogens is 206 g/mol. The number of anilines is 1. The Morgan fingerprint density at radius 1 is 1.50 bits per heavy atom. The van der Waals surface area contributed by atoms with E-state index >= 15 is 0 Å². The average Bonchev–Trinajstić information content (AvgIpc) is 2.29. The maximum atomic E-state index is 12.1. The molecule has 6 nitrogen and oxygen atoms in total. The van der Waals surface area contributed by atoms with Crippen LogP contribution < -0.4 is 11.1 Å². The van der Waals surface area contributed by atoms with Crippen molar-refractivity contribution in [3.8, 4) is 0 Å². The molecule has 0 aliphatic carbocycles. The van der Waals surface area contributed by atoms with Crippen molar-refractivity contribution in [2.75, 3.05) is 31.9 Å². The molecule has 0 unspecified atom stereocenters. The normalized spacial score (nSPS) is 16.2. The number of aryl methyl sites for hydroxylation is 1. The first kappa shape index (κ1) is 10.8. The van der Waals surface area contributed by atoms with Crippen LogP contribution in [0.4, 0.5) is 5.95 Å². The smallest absolute Gasteiger partial charge is 0.257 e. The van der Waals surface area contributed by atoms with Gasteiger partial charge in [-0.2, -0.15) is 0 Å². The van der Waals surface area contributed by atoms with E-state index in [9.17, 15) is 4.79 Å². The number of rotatable bonds is 1. The summed E-state index contributed by atoms with van der Waals surface area (Å²) in [7, 11) is 0. The van der Waals surface area contributed by atoms with Crippen LogP contribution in [0.25, 0.3) is 0 Å². The van der Waals surface area contributed by atoms with E-state index in [2.05, 4.69) is 15.3 Å². The van der Waals surface area contributed by atoms with E-state index < -0.39 is 0 Å². The van der Waals surface area contributed by atoms with Crippen LogP contribution in [0, 0.1) is 6.92 Å². The van der Waals surface area contributed by atoms with E-state index in [0.717, 1.165) is 26.2 Å². The molecule has 0 bridgehead atoms. The van der Waals surface area contributed by atoms with E-state index in [1.165, 1.54) is 6.20 Å². The molecule has 1 fully saturated rings. The first-order valence-corrected chi connectivity index (χ1v) is 5.27. The number of nitrogens with zero attached hydrogens (tertiary/aromatic N) is 3. The highest BCUT2D eigenvalue weighted by atomic mass is 16.2. The Bertz CT molecular complexity index is 400. The van der Waals surface area contributed by atoms with E-state index in [0.29, 0.717) is 11.3 Å². The van der Waals surface area contributed by atoms with Crippen LogP contribution in [-0.2, 0) is 0 Å². The second-order valence-electron chi connectivity index (χ2n) is 3.77. The van der Waals surface area contributed by atoms with Crippen molar-refractivity contribution in [1.82, 2.24) is 20.2 Å². The predicted molar refractivity (Wildman–Crippen MR) is 60.0 cm³/mol. The molecule has 2 rings (SSSR count). The Kier molecular flexibility index (Phi) is 3.00. The third kappa shape index (κ3) is 2.11. The molecule has 0 atom stereocenters. The molecule has 0 radical (unpaired) electrons. The molecule has 1 saturated heterocycles. The highest BCUT2D eigenvalue weighted by Gasteiger charge is 2.20. The third-order valence-corrected chi connectivity index (χ3v) is 2.63. The van der Waals surface area contributed by atoms with E-state index in [1.807, 2.05) is 0 Å². The SMILES string of the molecule is Cc1nc(N)ncc1C(=O)N1CCNCC1. The van der Waals surface area contributed by atoms with Gasteiger partial charge < -0.3 is 16.0 Å². The largest absolute Gasteiger partial charge is 0.368 e. The van der Waals surface area contributed by atoms with Gasteiger partial charge in [0.25, 0.3) is 5.91 Å². The number of nitrogen functional groups attached to an aromatic ring is 1. The van der Waals surface area contributed by atoms with Crippen molar-refractivity contribution in [3.05, 3.63) is 17.5 Å². The summed E-state index contributed by atoms with van der Waals surface area (Å²) in [4.78, 5) is 21.8. The second-order valence-corrected chi connectivity index (χ2v) is 3.77. The molecule has 86 valence electrons. The van der Waals surface area contributed by atoms with Gasteiger partial charge in [-0.25, -0.2) is 9.97 Å². The lowest BCUT2D eigenvalue weighted by atomic mass is 10.2. The topological polar surface area (TPSA) is 84.1 Å². The van der Waals surface area contributed by atoms with Gasteiger partial charge in [-0.3, -0.25) is 4.79 Å².